The summed E-state index contributed by atoms with van der Waals surface area (Å²) in [6.07, 6.45) is -4.32. The zero-order valence-electron chi connectivity index (χ0n) is 10.5. The quantitative estimate of drug-likeness (QED) is 0.874. The molecule has 1 heterocycles. The first-order valence-electron chi connectivity index (χ1n) is 5.72. The van der Waals surface area contributed by atoms with Crippen LogP contribution in [0.5, 0.6) is 0 Å². The van der Waals surface area contributed by atoms with Crippen molar-refractivity contribution in [2.75, 3.05) is 5.75 Å². The number of halogens is 3. The number of nitrogens with two attached hydrogens (primary N) is 1. The van der Waals surface area contributed by atoms with Gasteiger partial charge in [-0.1, -0.05) is 23.9 Å². The monoisotopic (exact) mass is 319 g/mol. The first-order chi connectivity index (χ1) is 9.36. The van der Waals surface area contributed by atoms with Gasteiger partial charge in [0.2, 0.25) is 0 Å². The van der Waals surface area contributed by atoms with Crippen LogP contribution < -0.4 is 5.73 Å². The molecule has 1 atom stereocenters. The largest absolute Gasteiger partial charge is 0.416 e. The van der Waals surface area contributed by atoms with Gasteiger partial charge in [0.15, 0.2) is 4.34 Å². The van der Waals surface area contributed by atoms with Crippen LogP contribution in [0.1, 0.15) is 23.0 Å². The van der Waals surface area contributed by atoms with E-state index in [-0.39, 0.29) is 6.04 Å². The van der Waals surface area contributed by atoms with Crippen LogP contribution in [0.2, 0.25) is 0 Å². The van der Waals surface area contributed by atoms with Gasteiger partial charge in [-0.25, -0.2) is 4.98 Å². The van der Waals surface area contributed by atoms with Crippen LogP contribution in [0.4, 0.5) is 13.2 Å². The lowest BCUT2D eigenvalue weighted by Gasteiger charge is -2.12. The summed E-state index contributed by atoms with van der Waals surface area (Å²) in [5.74, 6) is 1.25. The number of benzene rings is 1. The summed E-state index contributed by atoms with van der Waals surface area (Å²) in [6.45, 7) is 1.80. The Balaban J connectivity index is 1.97. The van der Waals surface area contributed by atoms with Crippen molar-refractivity contribution in [3.63, 3.8) is 0 Å². The van der Waals surface area contributed by atoms with Gasteiger partial charge in [-0.3, -0.25) is 0 Å². The fourth-order valence-electron chi connectivity index (χ4n) is 1.51. The molecule has 1 unspecified atom stereocenters. The number of aromatic nitrogens is 2. The highest BCUT2D eigenvalue weighted by atomic mass is 32.2. The summed E-state index contributed by atoms with van der Waals surface area (Å²) in [7, 11) is 0. The Morgan fingerprint density at radius 1 is 1.30 bits per heavy atom. The molecule has 0 radical (unpaired) electrons. The number of alkyl halides is 3. The molecule has 0 bridgehead atoms. The van der Waals surface area contributed by atoms with Crippen LogP contribution in [0.25, 0.3) is 0 Å². The number of rotatable bonds is 4. The number of thioether (sulfide) groups is 1. The number of hydrogen-bond donors (Lipinski definition) is 1. The molecule has 2 N–H and O–H groups in total. The Kier molecular flexibility index (Phi) is 4.66. The van der Waals surface area contributed by atoms with Crippen LogP contribution in [0.3, 0.4) is 0 Å². The molecule has 3 nitrogen and oxygen atoms in total. The lowest BCUT2D eigenvalue weighted by molar-refractivity contribution is -0.137. The predicted molar refractivity (Wildman–Crippen MR) is 73.7 cm³/mol. The summed E-state index contributed by atoms with van der Waals surface area (Å²) < 4.78 is 42.2. The normalized spacial score (nSPS) is 13.4. The second-order valence-corrected chi connectivity index (χ2v) is 6.16. The number of aryl methyl sites for hydroxylation is 1. The topological polar surface area (TPSA) is 51.8 Å². The maximum absolute atomic E-state index is 12.4. The summed E-state index contributed by atoms with van der Waals surface area (Å²) >= 11 is 2.74. The van der Waals surface area contributed by atoms with Crippen LogP contribution >= 0.6 is 23.3 Å². The second-order valence-electron chi connectivity index (χ2n) is 4.14. The van der Waals surface area contributed by atoms with Crippen molar-refractivity contribution in [3.8, 4) is 0 Å². The lowest BCUT2D eigenvalue weighted by atomic mass is 10.1. The molecule has 0 saturated carbocycles. The van der Waals surface area contributed by atoms with Gasteiger partial charge in [-0.15, -0.1) is 0 Å². The van der Waals surface area contributed by atoms with Gasteiger partial charge >= 0.3 is 6.18 Å². The average molecular weight is 319 g/mol. The Bertz CT molecular complexity index is 566. The van der Waals surface area contributed by atoms with E-state index in [1.54, 1.807) is 6.92 Å². The summed E-state index contributed by atoms with van der Waals surface area (Å²) in [5, 5.41) is 0. The Hall–Kier alpha value is -1.12. The predicted octanol–water partition coefficient (Wildman–Crippen LogP) is 3.66. The maximum atomic E-state index is 12.4. The van der Waals surface area contributed by atoms with E-state index in [0.29, 0.717) is 17.1 Å². The molecule has 1 aromatic heterocycles. The van der Waals surface area contributed by atoms with E-state index in [4.69, 9.17) is 5.73 Å². The van der Waals surface area contributed by atoms with E-state index in [2.05, 4.69) is 9.36 Å². The van der Waals surface area contributed by atoms with Gasteiger partial charge < -0.3 is 5.73 Å². The highest BCUT2D eigenvalue weighted by Gasteiger charge is 2.30. The minimum atomic E-state index is -4.32. The molecule has 2 aromatic rings. The molecule has 0 spiro atoms. The third kappa shape index (κ3) is 3.94. The number of nitrogens with zero attached hydrogens (tertiary/aromatic N) is 2. The van der Waals surface area contributed by atoms with E-state index in [9.17, 15) is 13.2 Å². The SMILES string of the molecule is Cc1nsc(SCC(N)c2ccc(C(F)(F)F)cc2)n1. The lowest BCUT2D eigenvalue weighted by Crippen LogP contribution is -2.13. The van der Waals surface area contributed by atoms with Crippen molar-refractivity contribution in [3.05, 3.63) is 41.2 Å². The van der Waals surface area contributed by atoms with Crippen LogP contribution in [0, 0.1) is 6.92 Å². The molecule has 8 heteroatoms. The average Bonchev–Trinajstić information content (AvgIpc) is 2.81. The molecule has 0 amide bonds. The molecular weight excluding hydrogens is 307 g/mol. The first kappa shape index (κ1) is 15.3. The van der Waals surface area contributed by atoms with Gasteiger partial charge in [0, 0.05) is 11.8 Å². The molecule has 0 aliphatic carbocycles. The molecular formula is C12H12F3N3S2. The smallest absolute Gasteiger partial charge is 0.323 e. The molecule has 0 aliphatic heterocycles. The highest BCUT2D eigenvalue weighted by Crippen LogP contribution is 2.30. The van der Waals surface area contributed by atoms with Crippen molar-refractivity contribution in [1.82, 2.24) is 9.36 Å². The summed E-state index contributed by atoms with van der Waals surface area (Å²) in [6, 6.07) is 4.59. The first-order valence-corrected chi connectivity index (χ1v) is 7.48. The molecule has 20 heavy (non-hydrogen) atoms. The number of hydrogen-bond acceptors (Lipinski definition) is 5. The van der Waals surface area contributed by atoms with E-state index < -0.39 is 11.7 Å². The molecule has 0 aliphatic rings. The van der Waals surface area contributed by atoms with Gasteiger partial charge in [0.1, 0.15) is 5.82 Å². The Morgan fingerprint density at radius 3 is 2.45 bits per heavy atom. The van der Waals surface area contributed by atoms with Crippen LogP contribution in [0.15, 0.2) is 28.6 Å². The molecule has 2 rings (SSSR count). The second kappa shape index (κ2) is 6.11. The molecule has 0 fully saturated rings. The van der Waals surface area contributed by atoms with Crippen molar-refractivity contribution >= 4 is 23.3 Å². The molecule has 0 saturated heterocycles. The zero-order chi connectivity index (χ0) is 14.8. The van der Waals surface area contributed by atoms with Crippen molar-refractivity contribution < 1.29 is 13.2 Å². The highest BCUT2D eigenvalue weighted by molar-refractivity contribution is 8.00. The van der Waals surface area contributed by atoms with Gasteiger partial charge in [0.05, 0.1) is 5.56 Å². The van der Waals surface area contributed by atoms with E-state index in [1.165, 1.54) is 35.4 Å². The van der Waals surface area contributed by atoms with E-state index in [0.717, 1.165) is 16.5 Å². The Labute approximate surface area is 122 Å². The Morgan fingerprint density at radius 2 is 1.95 bits per heavy atom. The van der Waals surface area contributed by atoms with Crippen LogP contribution in [-0.2, 0) is 6.18 Å². The van der Waals surface area contributed by atoms with Gasteiger partial charge in [-0.2, -0.15) is 17.5 Å². The van der Waals surface area contributed by atoms with E-state index in [1.807, 2.05) is 0 Å². The summed E-state index contributed by atoms with van der Waals surface area (Å²) in [5.41, 5.74) is 5.97. The standard InChI is InChI=1S/C12H12F3N3S2/c1-7-17-11(20-18-7)19-6-10(16)8-2-4-9(5-3-8)12(13,14)15/h2-5,10H,6,16H2,1H3. The summed E-state index contributed by atoms with van der Waals surface area (Å²) in [4.78, 5) is 4.19. The minimum absolute atomic E-state index is 0.341. The third-order valence-corrected chi connectivity index (χ3v) is 4.61. The van der Waals surface area contributed by atoms with Crippen LogP contribution in [-0.4, -0.2) is 15.1 Å². The van der Waals surface area contributed by atoms with Crippen molar-refractivity contribution in [2.24, 2.45) is 5.73 Å². The zero-order valence-corrected chi connectivity index (χ0v) is 12.1. The molecule has 1 aromatic carbocycles. The fourth-order valence-corrected chi connectivity index (χ4v) is 3.18. The van der Waals surface area contributed by atoms with Gasteiger partial charge in [0.25, 0.3) is 0 Å². The van der Waals surface area contributed by atoms with Crippen molar-refractivity contribution in [1.29, 1.82) is 0 Å². The molecule has 108 valence electrons. The minimum Gasteiger partial charge on any atom is -0.323 e. The fraction of sp³-hybridized carbons (Fsp3) is 0.333. The third-order valence-electron chi connectivity index (χ3n) is 2.56. The van der Waals surface area contributed by atoms with E-state index >= 15 is 0 Å². The van der Waals surface area contributed by atoms with Crippen molar-refractivity contribution in [2.45, 2.75) is 23.5 Å². The maximum Gasteiger partial charge on any atom is 0.416 e. The van der Waals surface area contributed by atoms with Gasteiger partial charge in [-0.05, 0) is 36.2 Å².